The standard InChI is InChI=1S/C22H28N2O/c1-15(19-7-3-5-13-23-19)21(17-9-10-17)25-22(18-11-12-18)16(2)20-8-4-6-14-24-20/h3-8,13-18,21-22H,9-12H2,1-2H3. The van der Waals surface area contributed by atoms with E-state index in [1.165, 1.54) is 25.7 Å². The molecule has 2 heterocycles. The third-order valence-corrected chi connectivity index (χ3v) is 5.78. The molecule has 2 fully saturated rings. The van der Waals surface area contributed by atoms with Crippen LogP contribution in [0, 0.1) is 11.8 Å². The lowest BCUT2D eigenvalue weighted by Crippen LogP contribution is -2.33. The summed E-state index contributed by atoms with van der Waals surface area (Å²) in [6.45, 7) is 4.56. The van der Waals surface area contributed by atoms with Crippen LogP contribution in [0.15, 0.2) is 48.8 Å². The summed E-state index contributed by atoms with van der Waals surface area (Å²) in [5.41, 5.74) is 2.30. The van der Waals surface area contributed by atoms with Crippen LogP contribution in [0.25, 0.3) is 0 Å². The molecule has 0 bridgehead atoms. The molecule has 3 heteroatoms. The van der Waals surface area contributed by atoms with E-state index in [0.717, 1.165) is 11.4 Å². The predicted molar refractivity (Wildman–Crippen MR) is 99.4 cm³/mol. The van der Waals surface area contributed by atoms with Crippen molar-refractivity contribution in [3.8, 4) is 0 Å². The Kier molecular flexibility index (Phi) is 4.85. The van der Waals surface area contributed by atoms with Crippen molar-refractivity contribution in [2.24, 2.45) is 11.8 Å². The van der Waals surface area contributed by atoms with Crippen molar-refractivity contribution in [2.75, 3.05) is 0 Å². The molecular formula is C22H28N2O. The van der Waals surface area contributed by atoms with Gasteiger partial charge in [-0.1, -0.05) is 26.0 Å². The molecule has 0 amide bonds. The molecule has 132 valence electrons. The molecule has 25 heavy (non-hydrogen) atoms. The van der Waals surface area contributed by atoms with E-state index in [9.17, 15) is 0 Å². The van der Waals surface area contributed by atoms with Gasteiger partial charge in [-0.2, -0.15) is 0 Å². The highest BCUT2D eigenvalue weighted by Gasteiger charge is 2.43. The van der Waals surface area contributed by atoms with Gasteiger partial charge in [0, 0.05) is 35.6 Å². The van der Waals surface area contributed by atoms with Crippen LogP contribution < -0.4 is 0 Å². The first kappa shape index (κ1) is 16.7. The Morgan fingerprint density at radius 3 is 1.52 bits per heavy atom. The number of pyridine rings is 2. The lowest BCUT2D eigenvalue weighted by Gasteiger charge is -2.32. The van der Waals surface area contributed by atoms with Crippen molar-refractivity contribution in [3.63, 3.8) is 0 Å². The summed E-state index contributed by atoms with van der Waals surface area (Å²) in [7, 11) is 0. The zero-order valence-corrected chi connectivity index (χ0v) is 15.2. The highest BCUT2D eigenvalue weighted by molar-refractivity contribution is 5.14. The van der Waals surface area contributed by atoms with Crippen molar-refractivity contribution in [1.29, 1.82) is 0 Å². The quantitative estimate of drug-likeness (QED) is 0.683. The van der Waals surface area contributed by atoms with Gasteiger partial charge in [0.25, 0.3) is 0 Å². The van der Waals surface area contributed by atoms with Gasteiger partial charge in [0.2, 0.25) is 0 Å². The Hall–Kier alpha value is -1.74. The molecule has 0 aromatic carbocycles. The fourth-order valence-electron chi connectivity index (χ4n) is 3.93. The number of hydrogen-bond donors (Lipinski definition) is 0. The third-order valence-electron chi connectivity index (χ3n) is 5.78. The number of rotatable bonds is 8. The van der Waals surface area contributed by atoms with E-state index in [4.69, 9.17) is 4.74 Å². The van der Waals surface area contributed by atoms with Crippen molar-refractivity contribution >= 4 is 0 Å². The molecule has 2 aromatic rings. The van der Waals surface area contributed by atoms with Crippen molar-refractivity contribution in [2.45, 2.75) is 63.6 Å². The zero-order chi connectivity index (χ0) is 17.2. The second kappa shape index (κ2) is 7.25. The van der Waals surface area contributed by atoms with E-state index < -0.39 is 0 Å². The number of nitrogens with zero attached hydrogens (tertiary/aromatic N) is 2. The molecular weight excluding hydrogens is 308 g/mol. The number of aromatic nitrogens is 2. The number of hydrogen-bond acceptors (Lipinski definition) is 3. The Bertz CT molecular complexity index is 607. The van der Waals surface area contributed by atoms with Gasteiger partial charge in [-0.05, 0) is 61.8 Å². The summed E-state index contributed by atoms with van der Waals surface area (Å²) in [5, 5.41) is 0. The SMILES string of the molecule is CC(c1ccccn1)C(OC(C1CC1)C(C)c1ccccn1)C1CC1. The van der Waals surface area contributed by atoms with Crippen LogP contribution in [0.5, 0.6) is 0 Å². The van der Waals surface area contributed by atoms with Crippen molar-refractivity contribution in [1.82, 2.24) is 9.97 Å². The van der Waals surface area contributed by atoms with Crippen LogP contribution in [0.2, 0.25) is 0 Å². The monoisotopic (exact) mass is 336 g/mol. The summed E-state index contributed by atoms with van der Waals surface area (Å²) in [6.07, 6.45) is 9.48. The number of ether oxygens (including phenoxy) is 1. The smallest absolute Gasteiger partial charge is 0.0688 e. The van der Waals surface area contributed by atoms with Gasteiger partial charge < -0.3 is 4.74 Å². The molecule has 4 unspecified atom stereocenters. The maximum atomic E-state index is 6.85. The van der Waals surface area contributed by atoms with Gasteiger partial charge in [-0.25, -0.2) is 0 Å². The molecule has 4 atom stereocenters. The molecule has 0 saturated heterocycles. The maximum absolute atomic E-state index is 6.85. The third kappa shape index (κ3) is 3.92. The summed E-state index contributed by atoms with van der Waals surface area (Å²) in [6, 6.07) is 12.4. The van der Waals surface area contributed by atoms with Gasteiger partial charge in [-0.3, -0.25) is 9.97 Å². The molecule has 2 aliphatic rings. The molecule has 0 spiro atoms. The lowest BCUT2D eigenvalue weighted by molar-refractivity contribution is -0.0570. The van der Waals surface area contributed by atoms with E-state index in [1.54, 1.807) is 0 Å². The predicted octanol–water partition coefficient (Wildman–Crippen LogP) is 4.96. The normalized spacial score (nSPS) is 22.2. The molecule has 2 saturated carbocycles. The summed E-state index contributed by atoms with van der Waals surface area (Å²) < 4.78 is 6.85. The minimum atomic E-state index is 0.270. The fourth-order valence-corrected chi connectivity index (χ4v) is 3.93. The van der Waals surface area contributed by atoms with Gasteiger partial charge in [-0.15, -0.1) is 0 Å². The Morgan fingerprint density at radius 2 is 1.20 bits per heavy atom. The van der Waals surface area contributed by atoms with E-state index in [0.29, 0.717) is 23.7 Å². The summed E-state index contributed by atoms with van der Waals surface area (Å²) >= 11 is 0. The zero-order valence-electron chi connectivity index (χ0n) is 15.2. The first-order chi connectivity index (χ1) is 12.2. The van der Waals surface area contributed by atoms with Gasteiger partial charge in [0.1, 0.15) is 0 Å². The Morgan fingerprint density at radius 1 is 0.760 bits per heavy atom. The second-order valence-electron chi connectivity index (χ2n) is 7.83. The molecule has 2 aliphatic carbocycles. The summed E-state index contributed by atoms with van der Waals surface area (Å²) in [4.78, 5) is 9.18. The van der Waals surface area contributed by atoms with E-state index in [-0.39, 0.29) is 12.2 Å². The first-order valence-corrected chi connectivity index (χ1v) is 9.71. The molecule has 0 radical (unpaired) electrons. The topological polar surface area (TPSA) is 35.0 Å². The van der Waals surface area contributed by atoms with Crippen LogP contribution in [0.4, 0.5) is 0 Å². The van der Waals surface area contributed by atoms with Crippen molar-refractivity contribution in [3.05, 3.63) is 60.2 Å². The van der Waals surface area contributed by atoms with Gasteiger partial charge >= 0.3 is 0 Å². The Labute approximate surface area is 150 Å². The molecule has 4 rings (SSSR count). The second-order valence-corrected chi connectivity index (χ2v) is 7.83. The maximum Gasteiger partial charge on any atom is 0.0688 e. The van der Waals surface area contributed by atoms with Crippen LogP contribution in [0.3, 0.4) is 0 Å². The van der Waals surface area contributed by atoms with Crippen LogP contribution in [-0.2, 0) is 4.74 Å². The summed E-state index contributed by atoms with van der Waals surface area (Å²) in [5.74, 6) is 2.06. The lowest BCUT2D eigenvalue weighted by atomic mass is 9.93. The average Bonchev–Trinajstić information content (AvgIpc) is 3.56. The van der Waals surface area contributed by atoms with Crippen LogP contribution in [-0.4, -0.2) is 22.2 Å². The Balaban J connectivity index is 1.53. The van der Waals surface area contributed by atoms with Crippen LogP contribution >= 0.6 is 0 Å². The van der Waals surface area contributed by atoms with Gasteiger partial charge in [0.15, 0.2) is 0 Å². The average molecular weight is 336 g/mol. The first-order valence-electron chi connectivity index (χ1n) is 9.71. The minimum Gasteiger partial charge on any atom is -0.373 e. The van der Waals surface area contributed by atoms with E-state index in [1.807, 2.05) is 24.5 Å². The van der Waals surface area contributed by atoms with Crippen LogP contribution in [0.1, 0.15) is 62.8 Å². The highest BCUT2D eigenvalue weighted by Crippen LogP contribution is 2.46. The fraction of sp³-hybridized carbons (Fsp3) is 0.545. The molecule has 0 N–H and O–H groups in total. The highest BCUT2D eigenvalue weighted by atomic mass is 16.5. The molecule has 3 nitrogen and oxygen atoms in total. The largest absolute Gasteiger partial charge is 0.373 e. The van der Waals surface area contributed by atoms with E-state index in [2.05, 4.69) is 48.1 Å². The molecule has 2 aromatic heterocycles. The molecule has 0 aliphatic heterocycles. The van der Waals surface area contributed by atoms with Gasteiger partial charge in [0.05, 0.1) is 12.2 Å². The van der Waals surface area contributed by atoms with E-state index >= 15 is 0 Å². The van der Waals surface area contributed by atoms with Crippen molar-refractivity contribution < 1.29 is 4.74 Å². The minimum absolute atomic E-state index is 0.270.